The number of hydrogen-bond acceptors (Lipinski definition) is 8. The van der Waals surface area contributed by atoms with Crippen LogP contribution in [0.25, 0.3) is 16.5 Å². The first-order valence-electron chi connectivity index (χ1n) is 6.55. The molecule has 2 N–H and O–H groups in total. The van der Waals surface area contributed by atoms with E-state index in [4.69, 9.17) is 10.3 Å². The van der Waals surface area contributed by atoms with Gasteiger partial charge in [-0.2, -0.15) is 0 Å². The molecule has 0 fully saturated rings. The minimum Gasteiger partial charge on any atom is -0.461 e. The van der Waals surface area contributed by atoms with Gasteiger partial charge in [0.2, 0.25) is 11.0 Å². The fourth-order valence-corrected chi connectivity index (χ4v) is 3.54. The lowest BCUT2D eigenvalue weighted by molar-refractivity contribution is 0.574. The first-order valence-corrected chi connectivity index (χ1v) is 8.42. The van der Waals surface area contributed by atoms with Gasteiger partial charge in [0, 0.05) is 23.4 Å². The third kappa shape index (κ3) is 2.51. The van der Waals surface area contributed by atoms with E-state index in [9.17, 15) is 4.79 Å². The summed E-state index contributed by atoms with van der Waals surface area (Å²) in [5, 5.41) is 10.4. The quantitative estimate of drug-likeness (QED) is 0.442. The van der Waals surface area contributed by atoms with Crippen LogP contribution in [0.3, 0.4) is 0 Å². The molecule has 116 valence electrons. The van der Waals surface area contributed by atoms with Crippen molar-refractivity contribution >= 4 is 28.1 Å². The summed E-state index contributed by atoms with van der Waals surface area (Å²) < 4.78 is 8.14. The van der Waals surface area contributed by atoms with Gasteiger partial charge in [-0.05, 0) is 12.1 Å². The highest BCUT2D eigenvalue weighted by atomic mass is 32.2. The molecule has 8 nitrogen and oxygen atoms in total. The molecule has 4 aromatic heterocycles. The molecule has 0 aliphatic heterocycles. The molecule has 23 heavy (non-hydrogen) atoms. The summed E-state index contributed by atoms with van der Waals surface area (Å²) in [6.07, 6.45) is 3.25. The third-order valence-corrected chi connectivity index (χ3v) is 4.84. The number of aromatic nitrogens is 5. The molecule has 10 heteroatoms. The monoisotopic (exact) mass is 346 g/mol. The second kappa shape index (κ2) is 5.56. The molecular formula is C13H10N6O2S2. The fraction of sp³-hybridized carbons (Fsp3) is 0.0769. The zero-order chi connectivity index (χ0) is 15.8. The number of nitrogens with two attached hydrogens (primary N) is 1. The van der Waals surface area contributed by atoms with E-state index in [0.29, 0.717) is 33.1 Å². The lowest BCUT2D eigenvalue weighted by Gasteiger charge is -2.02. The van der Waals surface area contributed by atoms with E-state index in [2.05, 4.69) is 15.2 Å². The first kappa shape index (κ1) is 14.0. The maximum Gasteiger partial charge on any atom is 0.258 e. The number of thioether (sulfide) groups is 1. The Hall–Kier alpha value is -2.59. The lowest BCUT2D eigenvalue weighted by Crippen LogP contribution is -2.13. The third-order valence-electron chi connectivity index (χ3n) is 3.11. The van der Waals surface area contributed by atoms with Gasteiger partial charge in [-0.1, -0.05) is 11.8 Å². The van der Waals surface area contributed by atoms with Crippen LogP contribution in [0.4, 0.5) is 0 Å². The average Bonchev–Trinajstić information content (AvgIpc) is 3.25. The second-order valence-corrected chi connectivity index (χ2v) is 6.40. The van der Waals surface area contributed by atoms with E-state index in [1.165, 1.54) is 38.2 Å². The largest absolute Gasteiger partial charge is 0.461 e. The summed E-state index contributed by atoms with van der Waals surface area (Å²) in [6.45, 7) is 0. The van der Waals surface area contributed by atoms with Gasteiger partial charge in [0.25, 0.3) is 5.56 Å². The van der Waals surface area contributed by atoms with E-state index in [0.717, 1.165) is 0 Å². The molecule has 0 aliphatic rings. The molecule has 0 amide bonds. The number of nitrogen functional groups attached to an aromatic ring is 1. The Kier molecular flexibility index (Phi) is 3.39. The van der Waals surface area contributed by atoms with Crippen molar-refractivity contribution in [1.82, 2.24) is 24.3 Å². The van der Waals surface area contributed by atoms with Crippen molar-refractivity contribution in [3.05, 3.63) is 52.1 Å². The highest BCUT2D eigenvalue weighted by Crippen LogP contribution is 2.24. The van der Waals surface area contributed by atoms with Crippen LogP contribution in [0, 0.1) is 0 Å². The van der Waals surface area contributed by atoms with E-state index in [1.54, 1.807) is 24.6 Å². The van der Waals surface area contributed by atoms with Crippen molar-refractivity contribution in [2.45, 2.75) is 10.9 Å². The molecule has 4 rings (SSSR count). The molecule has 0 atom stereocenters. The fourth-order valence-electron chi connectivity index (χ4n) is 2.05. The molecule has 4 heterocycles. The first-order chi connectivity index (χ1) is 11.2. The van der Waals surface area contributed by atoms with Crippen molar-refractivity contribution in [2.75, 3.05) is 5.84 Å². The van der Waals surface area contributed by atoms with E-state index < -0.39 is 0 Å². The Morgan fingerprint density at radius 1 is 1.39 bits per heavy atom. The standard InChI is InChI=1S/C13H10N6O2S2/c14-19-11(9-2-1-4-21-9)16-17-13(19)23-7-8-6-10(20)18-3-5-22-12(18)15-8/h1-6H,7,14H2. The SMILES string of the molecule is Nn1c(SCc2cc(=O)n3ccsc3n2)nnc1-c1ccco1. The zero-order valence-corrected chi connectivity index (χ0v) is 13.3. The van der Waals surface area contributed by atoms with E-state index in [-0.39, 0.29) is 5.56 Å². The van der Waals surface area contributed by atoms with E-state index in [1.807, 2.05) is 5.38 Å². The molecule has 0 saturated heterocycles. The van der Waals surface area contributed by atoms with Crippen LogP contribution in [0.5, 0.6) is 0 Å². The summed E-state index contributed by atoms with van der Waals surface area (Å²) in [5.74, 6) is 7.45. The predicted octanol–water partition coefficient (Wildman–Crippen LogP) is 1.61. The molecule has 0 aromatic carbocycles. The molecule has 0 saturated carbocycles. The Balaban J connectivity index is 1.58. The molecule has 0 aliphatic carbocycles. The van der Waals surface area contributed by atoms with Crippen LogP contribution < -0.4 is 11.4 Å². The van der Waals surface area contributed by atoms with Crippen LogP contribution in [-0.2, 0) is 5.75 Å². The van der Waals surface area contributed by atoms with Crippen LogP contribution in [0.15, 0.2) is 50.4 Å². The predicted molar refractivity (Wildman–Crippen MR) is 86.8 cm³/mol. The Morgan fingerprint density at radius 3 is 3.13 bits per heavy atom. The number of nitrogens with zero attached hydrogens (tertiary/aromatic N) is 5. The summed E-state index contributed by atoms with van der Waals surface area (Å²) in [4.78, 5) is 17.1. The smallest absolute Gasteiger partial charge is 0.258 e. The summed E-state index contributed by atoms with van der Waals surface area (Å²) >= 11 is 2.77. The van der Waals surface area contributed by atoms with Crippen molar-refractivity contribution < 1.29 is 4.42 Å². The molecule has 0 spiro atoms. The van der Waals surface area contributed by atoms with Crippen molar-refractivity contribution in [2.24, 2.45) is 0 Å². The van der Waals surface area contributed by atoms with Gasteiger partial charge in [0.05, 0.1) is 12.0 Å². The van der Waals surface area contributed by atoms with Crippen LogP contribution in [0.2, 0.25) is 0 Å². The number of thiazole rings is 1. The minimum atomic E-state index is -0.0997. The van der Waals surface area contributed by atoms with Gasteiger partial charge in [-0.3, -0.25) is 9.20 Å². The van der Waals surface area contributed by atoms with E-state index >= 15 is 0 Å². The van der Waals surface area contributed by atoms with Crippen molar-refractivity contribution in [1.29, 1.82) is 0 Å². The Morgan fingerprint density at radius 2 is 2.30 bits per heavy atom. The Labute approximate surface area is 137 Å². The Bertz CT molecular complexity index is 1020. The molecular weight excluding hydrogens is 336 g/mol. The van der Waals surface area contributed by atoms with Gasteiger partial charge in [0.15, 0.2) is 10.7 Å². The maximum absolute atomic E-state index is 11.9. The minimum absolute atomic E-state index is 0.0997. The normalized spacial score (nSPS) is 11.3. The van der Waals surface area contributed by atoms with Crippen LogP contribution >= 0.6 is 23.1 Å². The summed E-state index contributed by atoms with van der Waals surface area (Å²) in [6, 6.07) is 5.02. The second-order valence-electron chi connectivity index (χ2n) is 4.58. The van der Waals surface area contributed by atoms with Gasteiger partial charge >= 0.3 is 0 Å². The lowest BCUT2D eigenvalue weighted by atomic mass is 10.4. The van der Waals surface area contributed by atoms with Crippen LogP contribution in [-0.4, -0.2) is 24.3 Å². The maximum atomic E-state index is 11.9. The molecule has 0 unspecified atom stereocenters. The van der Waals surface area contributed by atoms with Gasteiger partial charge in [0.1, 0.15) is 0 Å². The number of furan rings is 1. The van der Waals surface area contributed by atoms with Crippen molar-refractivity contribution in [3.63, 3.8) is 0 Å². The number of fused-ring (bicyclic) bond motifs is 1. The van der Waals surface area contributed by atoms with Gasteiger partial charge in [-0.25, -0.2) is 9.66 Å². The highest BCUT2D eigenvalue weighted by Gasteiger charge is 2.14. The molecule has 0 bridgehead atoms. The summed E-state index contributed by atoms with van der Waals surface area (Å²) in [7, 11) is 0. The van der Waals surface area contributed by atoms with Gasteiger partial charge in [-0.15, -0.1) is 21.5 Å². The highest BCUT2D eigenvalue weighted by molar-refractivity contribution is 7.98. The number of hydrogen-bond donors (Lipinski definition) is 1. The van der Waals surface area contributed by atoms with Crippen molar-refractivity contribution in [3.8, 4) is 11.6 Å². The zero-order valence-electron chi connectivity index (χ0n) is 11.6. The van der Waals surface area contributed by atoms with Crippen LogP contribution in [0.1, 0.15) is 5.69 Å². The van der Waals surface area contributed by atoms with Gasteiger partial charge < -0.3 is 10.3 Å². The molecule has 0 radical (unpaired) electrons. The summed E-state index contributed by atoms with van der Waals surface area (Å²) in [5.41, 5.74) is 0.572. The number of rotatable bonds is 4. The topological polar surface area (TPSA) is 104 Å². The average molecular weight is 346 g/mol. The molecule has 4 aromatic rings.